The number of fused-ring (bicyclic) bond motifs is 1. The van der Waals surface area contributed by atoms with Crippen molar-refractivity contribution in [3.8, 4) is 11.5 Å². The number of ether oxygens (including phenoxy) is 2. The molecule has 1 amide bonds. The molecule has 1 fully saturated rings. The average molecular weight is 308 g/mol. The van der Waals surface area contributed by atoms with Crippen LogP contribution in [0, 0.1) is 0 Å². The Hall–Kier alpha value is -1.40. The molecule has 1 atom stereocenters. The van der Waals surface area contributed by atoms with Gasteiger partial charge in [0.1, 0.15) is 0 Å². The Morgan fingerprint density at radius 1 is 1.33 bits per heavy atom. The molecule has 0 saturated carbocycles. The second-order valence-corrected chi connectivity index (χ2v) is 6.34. The predicted octanol–water partition coefficient (Wildman–Crippen LogP) is 1.88. The molecule has 21 heavy (non-hydrogen) atoms. The lowest BCUT2D eigenvalue weighted by atomic mass is 10.2. The van der Waals surface area contributed by atoms with E-state index in [2.05, 4.69) is 10.6 Å². The van der Waals surface area contributed by atoms with Crippen molar-refractivity contribution in [2.24, 2.45) is 0 Å². The second kappa shape index (κ2) is 7.04. The molecule has 0 aromatic heterocycles. The Morgan fingerprint density at radius 3 is 3.00 bits per heavy atom. The first kappa shape index (κ1) is 14.5. The van der Waals surface area contributed by atoms with E-state index >= 15 is 0 Å². The number of anilines is 1. The summed E-state index contributed by atoms with van der Waals surface area (Å²) in [5.41, 5.74) is 0.757. The van der Waals surface area contributed by atoms with Crippen LogP contribution >= 0.6 is 11.8 Å². The fourth-order valence-electron chi connectivity index (χ4n) is 2.43. The van der Waals surface area contributed by atoms with Gasteiger partial charge in [-0.3, -0.25) is 4.79 Å². The number of thioether (sulfide) groups is 1. The third-order valence-electron chi connectivity index (χ3n) is 3.46. The monoisotopic (exact) mass is 308 g/mol. The second-order valence-electron chi connectivity index (χ2n) is 5.19. The molecule has 1 aromatic rings. The van der Waals surface area contributed by atoms with E-state index in [0.29, 0.717) is 25.4 Å². The molecule has 1 aromatic carbocycles. The number of hydrogen-bond acceptors (Lipinski definition) is 5. The van der Waals surface area contributed by atoms with Crippen LogP contribution in [0.25, 0.3) is 0 Å². The molecule has 0 spiro atoms. The van der Waals surface area contributed by atoms with Crippen LogP contribution < -0.4 is 20.1 Å². The highest BCUT2D eigenvalue weighted by molar-refractivity contribution is 7.99. The molecule has 3 rings (SSSR count). The van der Waals surface area contributed by atoms with E-state index in [0.717, 1.165) is 35.9 Å². The minimum atomic E-state index is 0.0319. The molecule has 2 N–H and O–H groups in total. The molecule has 2 aliphatic heterocycles. The summed E-state index contributed by atoms with van der Waals surface area (Å²) < 4.78 is 11.2. The SMILES string of the molecule is O=C(CC1CSCCN1)Nc1ccc2c(c1)OCCCO2. The fourth-order valence-corrected chi connectivity index (χ4v) is 3.38. The van der Waals surface area contributed by atoms with E-state index in [4.69, 9.17) is 9.47 Å². The first-order chi connectivity index (χ1) is 10.3. The van der Waals surface area contributed by atoms with E-state index in [1.165, 1.54) is 0 Å². The summed E-state index contributed by atoms with van der Waals surface area (Å²) in [5, 5.41) is 6.30. The first-order valence-electron chi connectivity index (χ1n) is 7.32. The van der Waals surface area contributed by atoms with Crippen molar-refractivity contribution in [2.75, 3.05) is 36.6 Å². The normalized spacial score (nSPS) is 21.4. The van der Waals surface area contributed by atoms with Crippen molar-refractivity contribution >= 4 is 23.4 Å². The highest BCUT2D eigenvalue weighted by atomic mass is 32.2. The van der Waals surface area contributed by atoms with E-state index < -0.39 is 0 Å². The maximum absolute atomic E-state index is 12.1. The molecule has 1 unspecified atom stereocenters. The largest absolute Gasteiger partial charge is 0.490 e. The first-order valence-corrected chi connectivity index (χ1v) is 8.47. The Morgan fingerprint density at radius 2 is 2.19 bits per heavy atom. The molecule has 2 heterocycles. The van der Waals surface area contributed by atoms with Crippen LogP contribution in [0.2, 0.25) is 0 Å². The molecule has 5 nitrogen and oxygen atoms in total. The lowest BCUT2D eigenvalue weighted by Crippen LogP contribution is -2.39. The zero-order valence-corrected chi connectivity index (χ0v) is 12.7. The van der Waals surface area contributed by atoms with E-state index in [1.54, 1.807) is 0 Å². The van der Waals surface area contributed by atoms with Gasteiger partial charge in [-0.25, -0.2) is 0 Å². The van der Waals surface area contributed by atoms with Gasteiger partial charge in [0.05, 0.1) is 13.2 Å². The lowest BCUT2D eigenvalue weighted by Gasteiger charge is -2.22. The number of carbonyl (C=O) groups excluding carboxylic acids is 1. The summed E-state index contributed by atoms with van der Waals surface area (Å²) in [4.78, 5) is 12.1. The van der Waals surface area contributed by atoms with Crippen LogP contribution in [0.5, 0.6) is 11.5 Å². The van der Waals surface area contributed by atoms with Crippen LogP contribution in [0.4, 0.5) is 5.69 Å². The van der Waals surface area contributed by atoms with Crippen molar-refractivity contribution < 1.29 is 14.3 Å². The van der Waals surface area contributed by atoms with Gasteiger partial charge in [-0.1, -0.05) is 0 Å². The van der Waals surface area contributed by atoms with E-state index in [-0.39, 0.29) is 11.9 Å². The predicted molar refractivity (Wildman–Crippen MR) is 84.4 cm³/mol. The number of benzene rings is 1. The molecule has 0 bridgehead atoms. The van der Waals surface area contributed by atoms with Gasteiger partial charge in [0.15, 0.2) is 11.5 Å². The van der Waals surface area contributed by atoms with Crippen LogP contribution in [-0.4, -0.2) is 43.2 Å². The van der Waals surface area contributed by atoms with Crippen LogP contribution in [0.1, 0.15) is 12.8 Å². The van der Waals surface area contributed by atoms with Crippen LogP contribution in [0.15, 0.2) is 18.2 Å². The van der Waals surface area contributed by atoms with Gasteiger partial charge < -0.3 is 20.1 Å². The van der Waals surface area contributed by atoms with Gasteiger partial charge in [0.25, 0.3) is 0 Å². The maximum Gasteiger partial charge on any atom is 0.225 e. The summed E-state index contributed by atoms with van der Waals surface area (Å²) in [6.07, 6.45) is 1.38. The summed E-state index contributed by atoms with van der Waals surface area (Å²) >= 11 is 1.89. The van der Waals surface area contributed by atoms with Gasteiger partial charge in [0, 0.05) is 48.7 Å². The van der Waals surface area contributed by atoms with Crippen LogP contribution in [0.3, 0.4) is 0 Å². The number of hydrogen-bond donors (Lipinski definition) is 2. The van der Waals surface area contributed by atoms with Gasteiger partial charge >= 0.3 is 0 Å². The standard InChI is InChI=1S/C15H20N2O3S/c18-15(9-12-10-21-7-4-16-12)17-11-2-3-13-14(8-11)20-6-1-5-19-13/h2-3,8,12,16H,1,4-7,9-10H2,(H,17,18). The highest BCUT2D eigenvalue weighted by Crippen LogP contribution is 2.32. The topological polar surface area (TPSA) is 59.6 Å². The molecule has 6 heteroatoms. The summed E-state index contributed by atoms with van der Waals surface area (Å²) in [6, 6.07) is 5.81. The zero-order valence-electron chi connectivity index (χ0n) is 11.9. The van der Waals surface area contributed by atoms with Gasteiger partial charge in [0.2, 0.25) is 5.91 Å². The smallest absolute Gasteiger partial charge is 0.225 e. The number of carbonyl (C=O) groups is 1. The van der Waals surface area contributed by atoms with Crippen molar-refractivity contribution in [2.45, 2.75) is 18.9 Å². The number of nitrogens with one attached hydrogen (secondary N) is 2. The van der Waals surface area contributed by atoms with Crippen molar-refractivity contribution in [1.29, 1.82) is 0 Å². The van der Waals surface area contributed by atoms with E-state index in [9.17, 15) is 4.79 Å². The van der Waals surface area contributed by atoms with Gasteiger partial charge in [-0.15, -0.1) is 0 Å². The molecular weight excluding hydrogens is 288 g/mol. The lowest BCUT2D eigenvalue weighted by molar-refractivity contribution is -0.116. The third kappa shape index (κ3) is 4.04. The Balaban J connectivity index is 1.59. The highest BCUT2D eigenvalue weighted by Gasteiger charge is 2.17. The van der Waals surface area contributed by atoms with E-state index in [1.807, 2.05) is 30.0 Å². The molecule has 2 aliphatic rings. The van der Waals surface area contributed by atoms with Crippen LogP contribution in [-0.2, 0) is 4.79 Å². The number of rotatable bonds is 3. The van der Waals surface area contributed by atoms with Crippen molar-refractivity contribution in [3.05, 3.63) is 18.2 Å². The Kier molecular flexibility index (Phi) is 4.87. The molecular formula is C15H20N2O3S. The summed E-state index contributed by atoms with van der Waals surface area (Å²) in [6.45, 7) is 2.30. The Labute approximate surface area is 128 Å². The van der Waals surface area contributed by atoms with Gasteiger partial charge in [-0.2, -0.15) is 11.8 Å². The molecule has 0 radical (unpaired) electrons. The summed E-state index contributed by atoms with van der Waals surface area (Å²) in [7, 11) is 0. The zero-order chi connectivity index (χ0) is 14.5. The Bertz CT molecular complexity index is 504. The van der Waals surface area contributed by atoms with Crippen molar-refractivity contribution in [3.63, 3.8) is 0 Å². The number of amides is 1. The summed E-state index contributed by atoms with van der Waals surface area (Å²) in [5.74, 6) is 3.60. The van der Waals surface area contributed by atoms with Gasteiger partial charge in [-0.05, 0) is 12.1 Å². The minimum absolute atomic E-state index is 0.0319. The molecule has 1 saturated heterocycles. The molecule has 0 aliphatic carbocycles. The third-order valence-corrected chi connectivity index (χ3v) is 4.59. The minimum Gasteiger partial charge on any atom is -0.490 e. The average Bonchev–Trinajstić information content (AvgIpc) is 2.73. The molecule has 114 valence electrons. The van der Waals surface area contributed by atoms with Crippen molar-refractivity contribution in [1.82, 2.24) is 5.32 Å². The maximum atomic E-state index is 12.1. The fraction of sp³-hybridized carbons (Fsp3) is 0.533. The quantitative estimate of drug-likeness (QED) is 0.893.